The van der Waals surface area contributed by atoms with Gasteiger partial charge in [-0.15, -0.1) is 125 Å². The summed E-state index contributed by atoms with van der Waals surface area (Å²) in [7, 11) is 0. The molecule has 7 nitrogen and oxygen atoms in total. The van der Waals surface area contributed by atoms with Gasteiger partial charge in [-0.05, 0) is 88.7 Å². The number of para-hydroxylation sites is 1. The third-order valence-electron chi connectivity index (χ3n) is 11.4. The molecule has 0 N–H and O–H groups in total. The van der Waals surface area contributed by atoms with Crippen LogP contribution in [0.1, 0.15) is 83.2 Å². The first-order valence-corrected chi connectivity index (χ1v) is 24.4. The molecule has 0 bridgehead atoms. The third-order valence-corrected chi connectivity index (χ3v) is 11.4. The molecule has 5 aromatic carbocycles. The van der Waals surface area contributed by atoms with Crippen LogP contribution in [-0.4, -0.2) is 24.9 Å². The van der Waals surface area contributed by atoms with Gasteiger partial charge in [-0.3, -0.25) is 0 Å². The van der Waals surface area contributed by atoms with Crippen molar-refractivity contribution >= 4 is 44.0 Å². The SMILES string of the molecule is Cc1ccc2c(n1)oc1c(-c3ccccn3)[c-]ccc12.[2H]C([2H])([2H])c1c[c-]c(-c2ccc(C([2H])([2H])C(C)(C)C)cn2)cc1.[2H]C([2H])([2H])c1c[c-]c(-c2ccc(C([2H])([2H])C(C)(C)C)cn2)cc1.[Ir].[Ir].[c-]1ccccc1-c1cc2c(cn1)oc1ccccc12. The normalized spacial score (nSPS) is 13.7. The van der Waals surface area contributed by atoms with Crippen LogP contribution in [-0.2, 0) is 53.0 Å². The number of hydrogen-bond donors (Lipinski definition) is 0. The maximum Gasteiger partial charge on any atom is 0.216 e. The van der Waals surface area contributed by atoms with E-state index in [0.29, 0.717) is 39.4 Å². The van der Waals surface area contributed by atoms with Gasteiger partial charge in [0.05, 0.1) is 11.8 Å². The van der Waals surface area contributed by atoms with Crippen molar-refractivity contribution in [3.8, 4) is 45.0 Å². The summed E-state index contributed by atoms with van der Waals surface area (Å²) in [4.78, 5) is 21.9. The van der Waals surface area contributed by atoms with E-state index in [1.165, 1.54) is 24.5 Å². The van der Waals surface area contributed by atoms with E-state index in [4.69, 9.17) is 22.5 Å². The number of fused-ring (bicyclic) bond motifs is 6. The van der Waals surface area contributed by atoms with Crippen molar-refractivity contribution in [1.29, 1.82) is 0 Å². The van der Waals surface area contributed by atoms with Gasteiger partial charge in [0.1, 0.15) is 5.58 Å². The predicted molar refractivity (Wildman–Crippen MR) is 307 cm³/mol. The summed E-state index contributed by atoms with van der Waals surface area (Å²) in [6, 6.07) is 60.2. The zero-order valence-corrected chi connectivity index (χ0v) is 48.3. The van der Waals surface area contributed by atoms with Crippen molar-refractivity contribution < 1.29 is 62.8 Å². The number of nitrogens with zero attached hydrogens (tertiary/aromatic N) is 5. The summed E-state index contributed by atoms with van der Waals surface area (Å²) in [6.07, 6.45) is 3.64. The monoisotopic (exact) mass is 1380 g/mol. The van der Waals surface area contributed by atoms with Crippen LogP contribution in [0.4, 0.5) is 0 Å². The van der Waals surface area contributed by atoms with Gasteiger partial charge in [-0.1, -0.05) is 127 Å². The first kappa shape index (κ1) is 44.8. The molecule has 0 fully saturated rings. The van der Waals surface area contributed by atoms with Crippen LogP contribution in [0.2, 0.25) is 0 Å². The van der Waals surface area contributed by atoms with Gasteiger partial charge in [0.25, 0.3) is 0 Å². The van der Waals surface area contributed by atoms with Crippen LogP contribution in [0.5, 0.6) is 0 Å². The molecule has 77 heavy (non-hydrogen) atoms. The Labute approximate surface area is 494 Å². The Morgan fingerprint density at radius 2 is 1.12 bits per heavy atom. The summed E-state index contributed by atoms with van der Waals surface area (Å²) in [5.41, 5.74) is 10.8. The summed E-state index contributed by atoms with van der Waals surface area (Å²) in [5.74, 6) is 0. The zero-order valence-electron chi connectivity index (χ0n) is 53.5. The van der Waals surface area contributed by atoms with Crippen molar-refractivity contribution in [2.45, 2.75) is 74.9 Å². The van der Waals surface area contributed by atoms with Crippen LogP contribution in [0.15, 0.2) is 191 Å². The molecule has 0 aliphatic carbocycles. The molecule has 9 heteroatoms. The molecule has 0 amide bonds. The third kappa shape index (κ3) is 15.2. The Morgan fingerprint density at radius 1 is 0.494 bits per heavy atom. The minimum atomic E-state index is -2.14. The van der Waals surface area contributed by atoms with Gasteiger partial charge >= 0.3 is 0 Å². The van der Waals surface area contributed by atoms with Crippen LogP contribution >= 0.6 is 0 Å². The van der Waals surface area contributed by atoms with Crippen molar-refractivity contribution in [1.82, 2.24) is 24.9 Å². The molecule has 0 aliphatic heterocycles. The van der Waals surface area contributed by atoms with E-state index in [0.717, 1.165) is 66.5 Å². The zero-order chi connectivity index (χ0) is 61.1. The van der Waals surface area contributed by atoms with Gasteiger partial charge in [-0.25, -0.2) is 4.98 Å². The number of aromatic nitrogens is 5. The van der Waals surface area contributed by atoms with Crippen molar-refractivity contribution in [2.24, 2.45) is 10.8 Å². The van der Waals surface area contributed by atoms with E-state index in [-0.39, 0.29) is 51.3 Å². The Balaban J connectivity index is 0.000000165. The van der Waals surface area contributed by atoms with E-state index >= 15 is 0 Å². The number of rotatable bonds is 6. The smallest absolute Gasteiger partial charge is 0.216 e. The standard InChI is InChI=1S/C17H11N2O.C17H10NO.2C17H20N.2Ir/c1-11-8-9-13-12-5-4-6-14(15-7-2-3-10-18-15)16(12)20-17(13)19-11;1-2-6-12(7-3-1)15-10-14-13-8-4-5-9-16(13)19-17(14)11-18-15;2*1-13-5-8-15(9-6-13)16-10-7-14(12-18-16)11-17(2,3)4;;/h2-5,7-10H,1H3;1-6,8-11H;2*5-8,10,12H,11H2,1-4H3;;/q4*-1;;/i;;2*1D3,11D2;;. The fraction of sp³-hybridized carbons (Fsp3) is 0.191. The van der Waals surface area contributed by atoms with E-state index in [1.54, 1.807) is 60.9 Å². The van der Waals surface area contributed by atoms with Crippen LogP contribution in [0.3, 0.4) is 0 Å². The summed E-state index contributed by atoms with van der Waals surface area (Å²) in [5, 5.41) is 4.29. The van der Waals surface area contributed by atoms with E-state index < -0.39 is 37.3 Å². The molecule has 0 spiro atoms. The maximum atomic E-state index is 8.25. The first-order valence-electron chi connectivity index (χ1n) is 29.4. The Morgan fingerprint density at radius 3 is 1.68 bits per heavy atom. The van der Waals surface area contributed by atoms with Gasteiger partial charge in [0.15, 0.2) is 5.58 Å². The fourth-order valence-electron chi connectivity index (χ4n) is 8.04. The summed E-state index contributed by atoms with van der Waals surface area (Å²) < 4.78 is 88.9. The molecule has 7 heterocycles. The van der Waals surface area contributed by atoms with Crippen LogP contribution in [0.25, 0.3) is 89.0 Å². The molecule has 7 aromatic heterocycles. The summed E-state index contributed by atoms with van der Waals surface area (Å²) in [6.45, 7) is 8.77. The minimum absolute atomic E-state index is 0. The van der Waals surface area contributed by atoms with Crippen LogP contribution in [0, 0.1) is 55.7 Å². The topological polar surface area (TPSA) is 90.7 Å². The number of benzene rings is 5. The molecule has 0 unspecified atom stereocenters. The maximum absolute atomic E-state index is 8.25. The van der Waals surface area contributed by atoms with Gasteiger partial charge in [0, 0.05) is 94.4 Å². The van der Waals surface area contributed by atoms with E-state index in [2.05, 4.69) is 61.3 Å². The number of hydrogen-bond acceptors (Lipinski definition) is 7. The van der Waals surface area contributed by atoms with Gasteiger partial charge in [-0.2, -0.15) is 0 Å². The second-order valence-corrected chi connectivity index (χ2v) is 19.8. The van der Waals surface area contributed by atoms with Gasteiger partial charge in [0.2, 0.25) is 5.71 Å². The second-order valence-electron chi connectivity index (χ2n) is 19.8. The molecular formula is C68H61Ir2N5O2-4. The number of aryl methyl sites for hydroxylation is 3. The Hall–Kier alpha value is -7.25. The molecule has 0 atom stereocenters. The van der Waals surface area contributed by atoms with Gasteiger partial charge < -0.3 is 28.8 Å². The molecule has 2 radical (unpaired) electrons. The number of pyridine rings is 5. The molecule has 0 aliphatic rings. The second kappa shape index (κ2) is 25.7. The average molecular weight is 1370 g/mol. The van der Waals surface area contributed by atoms with Crippen molar-refractivity contribution in [3.05, 3.63) is 235 Å². The Kier molecular flexibility index (Phi) is 15.0. The fourth-order valence-corrected chi connectivity index (χ4v) is 8.04. The molecule has 12 aromatic rings. The van der Waals surface area contributed by atoms with E-state index in [1.807, 2.05) is 133 Å². The Bertz CT molecular complexity index is 4100. The largest absolute Gasteiger partial charge is 0.486 e. The molecule has 0 saturated carbocycles. The van der Waals surface area contributed by atoms with Crippen LogP contribution < -0.4 is 0 Å². The first-order chi connectivity index (χ1) is 40.1. The molecule has 12 rings (SSSR count). The number of furan rings is 2. The molecular weight excluding hydrogens is 1300 g/mol. The van der Waals surface area contributed by atoms with Crippen molar-refractivity contribution in [2.75, 3.05) is 0 Å². The minimum Gasteiger partial charge on any atom is -0.486 e. The van der Waals surface area contributed by atoms with Crippen molar-refractivity contribution in [3.63, 3.8) is 0 Å². The predicted octanol–water partition coefficient (Wildman–Crippen LogP) is 17.5. The quantitative estimate of drug-likeness (QED) is 0.153. The van der Waals surface area contributed by atoms with E-state index in [9.17, 15) is 0 Å². The summed E-state index contributed by atoms with van der Waals surface area (Å²) >= 11 is 0. The molecule has 392 valence electrons. The molecule has 0 saturated heterocycles. The average Bonchev–Trinajstić information content (AvgIpc) is 1.85.